The third-order valence-electron chi connectivity index (χ3n) is 7.75. The Balaban J connectivity index is 0.00000112. The van der Waals surface area contributed by atoms with Crippen LogP contribution in [-0.4, -0.2) is 49.6 Å². The van der Waals surface area contributed by atoms with Crippen LogP contribution < -0.4 is 5.32 Å². The van der Waals surface area contributed by atoms with Gasteiger partial charge in [-0.2, -0.15) is 9.61 Å². The largest absolute Gasteiger partial charge is 0.507 e. The molecule has 3 heterocycles. The third kappa shape index (κ3) is 6.55. The Morgan fingerprint density at radius 2 is 1.90 bits per heavy atom. The van der Waals surface area contributed by atoms with Gasteiger partial charge in [0, 0.05) is 30.8 Å². The number of hydrogen-bond acceptors (Lipinski definition) is 5. The molecular weight excluding hydrogens is 554 g/mol. The van der Waals surface area contributed by atoms with Crippen molar-refractivity contribution in [2.45, 2.75) is 71.3 Å². The first-order chi connectivity index (χ1) is 18.9. The van der Waals surface area contributed by atoms with E-state index in [1.165, 1.54) is 6.42 Å². The summed E-state index contributed by atoms with van der Waals surface area (Å²) in [6.45, 7) is 8.81. The number of carbonyl (C=O) groups excluding carboxylic acids is 1. The van der Waals surface area contributed by atoms with E-state index in [0.717, 1.165) is 68.3 Å². The second-order valence-corrected chi connectivity index (χ2v) is 11.4. The molecule has 2 fully saturated rings. The number of likely N-dealkylation sites (tertiary alicyclic amines) is 1. The minimum absolute atomic E-state index is 0.192. The lowest BCUT2D eigenvalue weighted by atomic mass is 9.70. The Morgan fingerprint density at radius 1 is 1.21 bits per heavy atom. The lowest BCUT2D eigenvalue weighted by Gasteiger charge is -2.42. The number of carbonyl (C=O) groups is 1. The van der Waals surface area contributed by atoms with Gasteiger partial charge in [-0.1, -0.05) is 49.6 Å². The summed E-state index contributed by atoms with van der Waals surface area (Å²) in [6.07, 6.45) is 15.9. The summed E-state index contributed by atoms with van der Waals surface area (Å²) in [4.78, 5) is 20.5. The van der Waals surface area contributed by atoms with Crippen molar-refractivity contribution in [3.05, 3.63) is 65.8 Å². The quantitative estimate of drug-likeness (QED) is 0.291. The summed E-state index contributed by atoms with van der Waals surface area (Å²) < 4.78 is 2.58. The predicted octanol–water partition coefficient (Wildman–Crippen LogP) is 7.38. The van der Waals surface area contributed by atoms with Crippen molar-refractivity contribution in [3.63, 3.8) is 0 Å². The number of aromatic nitrogens is 3. The van der Waals surface area contributed by atoms with E-state index in [1.807, 2.05) is 32.0 Å². The van der Waals surface area contributed by atoms with Crippen LogP contribution in [0.1, 0.15) is 65.2 Å². The molecule has 8 heteroatoms. The first kappa shape index (κ1) is 28.9. The number of amides is 1. The number of piperidine rings is 1. The van der Waals surface area contributed by atoms with Gasteiger partial charge in [-0.25, -0.2) is 4.98 Å². The molecule has 39 heavy (non-hydrogen) atoms. The summed E-state index contributed by atoms with van der Waals surface area (Å²) in [5.74, 6) is 1.37. The highest BCUT2D eigenvalue weighted by atomic mass is 79.9. The van der Waals surface area contributed by atoms with Gasteiger partial charge in [-0.05, 0) is 74.0 Å². The zero-order valence-corrected chi connectivity index (χ0v) is 24.7. The lowest BCUT2D eigenvalue weighted by Crippen LogP contribution is -2.49. The van der Waals surface area contributed by atoms with Gasteiger partial charge >= 0.3 is 0 Å². The molecule has 1 amide bonds. The molecule has 1 aliphatic carbocycles. The number of hydrogen-bond donors (Lipinski definition) is 2. The number of halogens is 1. The van der Waals surface area contributed by atoms with Crippen LogP contribution in [0.25, 0.3) is 16.9 Å². The molecule has 5 rings (SSSR count). The number of nitrogens with zero attached hydrogens (tertiary/aromatic N) is 4. The SMILES string of the molecule is C/C=C\CC1(C(=O)N2CCC(Nc3cc(-c4ccccc4O)nc4c(Br)cnn34)CC2)CCCCC1.C=CC. The van der Waals surface area contributed by atoms with E-state index >= 15 is 0 Å². The van der Waals surface area contributed by atoms with Crippen molar-refractivity contribution in [2.75, 3.05) is 18.4 Å². The number of allylic oxidation sites excluding steroid dienone is 3. The number of aromatic hydroxyl groups is 1. The number of para-hydroxylation sites is 1. The van der Waals surface area contributed by atoms with Gasteiger partial charge in [0.1, 0.15) is 11.6 Å². The van der Waals surface area contributed by atoms with Crippen LogP contribution in [0.3, 0.4) is 0 Å². The number of phenols is 1. The molecule has 2 aliphatic rings. The van der Waals surface area contributed by atoms with Crippen molar-refractivity contribution >= 4 is 33.3 Å². The minimum atomic E-state index is -0.212. The van der Waals surface area contributed by atoms with E-state index in [2.05, 4.69) is 50.0 Å². The van der Waals surface area contributed by atoms with Gasteiger partial charge in [0.2, 0.25) is 5.91 Å². The Hall–Kier alpha value is -3.13. The highest BCUT2D eigenvalue weighted by molar-refractivity contribution is 9.10. The molecule has 1 saturated heterocycles. The zero-order valence-electron chi connectivity index (χ0n) is 23.1. The van der Waals surface area contributed by atoms with Gasteiger partial charge in [0.15, 0.2) is 5.65 Å². The first-order valence-corrected chi connectivity index (χ1v) is 14.8. The highest BCUT2D eigenvalue weighted by Gasteiger charge is 2.41. The molecule has 1 aliphatic heterocycles. The molecular formula is C31H40BrN5O2. The molecule has 2 N–H and O–H groups in total. The van der Waals surface area contributed by atoms with Crippen LogP contribution in [0.2, 0.25) is 0 Å². The van der Waals surface area contributed by atoms with Crippen LogP contribution in [0, 0.1) is 5.41 Å². The third-order valence-corrected chi connectivity index (χ3v) is 8.31. The Bertz CT molecular complexity index is 1300. The second kappa shape index (κ2) is 13.3. The lowest BCUT2D eigenvalue weighted by molar-refractivity contribution is -0.145. The van der Waals surface area contributed by atoms with Crippen LogP contribution in [0.5, 0.6) is 5.75 Å². The summed E-state index contributed by atoms with van der Waals surface area (Å²) >= 11 is 3.55. The molecule has 1 aromatic carbocycles. The zero-order chi connectivity index (χ0) is 27.8. The molecule has 208 valence electrons. The fraction of sp³-hybridized carbons (Fsp3) is 0.452. The fourth-order valence-electron chi connectivity index (χ4n) is 5.72. The van der Waals surface area contributed by atoms with Crippen molar-refractivity contribution in [3.8, 4) is 17.0 Å². The molecule has 2 aromatic heterocycles. The minimum Gasteiger partial charge on any atom is -0.507 e. The second-order valence-electron chi connectivity index (χ2n) is 10.5. The molecule has 0 unspecified atom stereocenters. The summed E-state index contributed by atoms with van der Waals surface area (Å²) in [5, 5.41) is 18.5. The van der Waals surface area contributed by atoms with Crippen molar-refractivity contribution < 1.29 is 9.90 Å². The number of benzene rings is 1. The number of phenolic OH excluding ortho intramolecular Hbond substituents is 1. The summed E-state index contributed by atoms with van der Waals surface area (Å²) in [7, 11) is 0. The normalized spacial score (nSPS) is 17.6. The maximum absolute atomic E-state index is 13.7. The number of anilines is 1. The molecule has 0 radical (unpaired) electrons. The molecule has 0 spiro atoms. The van der Waals surface area contributed by atoms with Crippen LogP contribution in [0.15, 0.2) is 65.8 Å². The van der Waals surface area contributed by atoms with Gasteiger partial charge < -0.3 is 15.3 Å². The van der Waals surface area contributed by atoms with Crippen molar-refractivity contribution in [1.82, 2.24) is 19.5 Å². The van der Waals surface area contributed by atoms with E-state index in [1.54, 1.807) is 28.9 Å². The fourth-order valence-corrected chi connectivity index (χ4v) is 6.06. The molecule has 7 nitrogen and oxygen atoms in total. The topological polar surface area (TPSA) is 82.8 Å². The van der Waals surface area contributed by atoms with Crippen LogP contribution >= 0.6 is 15.9 Å². The molecule has 0 atom stereocenters. The van der Waals surface area contributed by atoms with E-state index in [4.69, 9.17) is 4.98 Å². The van der Waals surface area contributed by atoms with E-state index in [0.29, 0.717) is 22.8 Å². The average molecular weight is 595 g/mol. The van der Waals surface area contributed by atoms with Gasteiger partial charge in [0.25, 0.3) is 0 Å². The monoisotopic (exact) mass is 593 g/mol. The van der Waals surface area contributed by atoms with E-state index < -0.39 is 0 Å². The average Bonchev–Trinajstić information content (AvgIpc) is 3.34. The Morgan fingerprint density at radius 3 is 2.56 bits per heavy atom. The molecule has 3 aromatic rings. The standard InChI is InChI=1S/C28H34BrN5O2.C3H6/c1-2-3-13-28(14-7-4-8-15-28)27(36)33-16-11-20(12-17-33)31-25-18-23(21-9-5-6-10-24(21)35)32-26-22(29)19-30-34(25)26;1-3-2/h2-3,5-6,9-10,18-20,31,35H,4,7-8,11-17H2,1H3;3H,1H2,2H3/b3-2-;. The van der Waals surface area contributed by atoms with Gasteiger partial charge in [-0.15, -0.1) is 6.58 Å². The van der Waals surface area contributed by atoms with Crippen molar-refractivity contribution in [1.29, 1.82) is 0 Å². The Kier molecular flexibility index (Phi) is 9.83. The van der Waals surface area contributed by atoms with Crippen LogP contribution in [0.4, 0.5) is 5.82 Å². The number of rotatable bonds is 6. The van der Waals surface area contributed by atoms with Gasteiger partial charge in [-0.3, -0.25) is 4.79 Å². The highest BCUT2D eigenvalue weighted by Crippen LogP contribution is 2.42. The maximum Gasteiger partial charge on any atom is 0.229 e. The van der Waals surface area contributed by atoms with E-state index in [-0.39, 0.29) is 17.2 Å². The van der Waals surface area contributed by atoms with E-state index in [9.17, 15) is 9.90 Å². The molecule has 0 bridgehead atoms. The summed E-state index contributed by atoms with van der Waals surface area (Å²) in [5.41, 5.74) is 1.83. The number of fused-ring (bicyclic) bond motifs is 1. The Labute approximate surface area is 240 Å². The first-order valence-electron chi connectivity index (χ1n) is 14.0. The smallest absolute Gasteiger partial charge is 0.229 e. The summed E-state index contributed by atoms with van der Waals surface area (Å²) in [6, 6.07) is 9.38. The molecule has 1 saturated carbocycles. The maximum atomic E-state index is 13.7. The number of nitrogens with one attached hydrogen (secondary N) is 1. The predicted molar refractivity (Wildman–Crippen MR) is 162 cm³/mol. The van der Waals surface area contributed by atoms with Crippen molar-refractivity contribution in [2.24, 2.45) is 5.41 Å². The van der Waals surface area contributed by atoms with Crippen LogP contribution in [-0.2, 0) is 4.79 Å². The van der Waals surface area contributed by atoms with Gasteiger partial charge in [0.05, 0.1) is 21.8 Å².